The van der Waals surface area contributed by atoms with E-state index >= 15 is 0 Å². The van der Waals surface area contributed by atoms with Crippen LogP contribution in [0.15, 0.2) is 24.3 Å². The van der Waals surface area contributed by atoms with Crippen molar-refractivity contribution in [1.82, 2.24) is 15.5 Å². The predicted molar refractivity (Wildman–Crippen MR) is 88.1 cm³/mol. The van der Waals surface area contributed by atoms with Crippen molar-refractivity contribution in [3.63, 3.8) is 0 Å². The van der Waals surface area contributed by atoms with Crippen molar-refractivity contribution in [2.45, 2.75) is 44.2 Å². The van der Waals surface area contributed by atoms with Gasteiger partial charge in [0.15, 0.2) is 0 Å². The Morgan fingerprint density at radius 2 is 2.18 bits per heavy atom. The van der Waals surface area contributed by atoms with Gasteiger partial charge in [-0.25, -0.2) is 4.79 Å². The molecule has 1 aromatic rings. The highest BCUT2D eigenvalue weighted by atomic mass is 16.3. The van der Waals surface area contributed by atoms with Crippen LogP contribution in [-0.4, -0.2) is 48.8 Å². The first-order chi connectivity index (χ1) is 10.5. The summed E-state index contributed by atoms with van der Waals surface area (Å²) in [5, 5.41) is 15.4. The Balaban J connectivity index is 1.69. The molecule has 0 saturated heterocycles. The molecule has 0 spiro atoms. The van der Waals surface area contributed by atoms with Crippen LogP contribution in [0, 0.1) is 0 Å². The molecule has 5 nitrogen and oxygen atoms in total. The van der Waals surface area contributed by atoms with Gasteiger partial charge >= 0.3 is 6.03 Å². The minimum atomic E-state index is -0.0930. The van der Waals surface area contributed by atoms with Crippen LogP contribution in [-0.2, 0) is 6.42 Å². The van der Waals surface area contributed by atoms with Crippen molar-refractivity contribution in [3.05, 3.63) is 29.8 Å². The van der Waals surface area contributed by atoms with E-state index in [1.807, 2.05) is 12.1 Å². The van der Waals surface area contributed by atoms with Crippen molar-refractivity contribution in [3.8, 4) is 5.75 Å². The molecule has 0 radical (unpaired) electrons. The summed E-state index contributed by atoms with van der Waals surface area (Å²) in [6.07, 6.45) is 5.17. The van der Waals surface area contributed by atoms with E-state index in [4.69, 9.17) is 0 Å². The number of urea groups is 1. The number of nitrogens with one attached hydrogen (secondary N) is 2. The number of benzene rings is 1. The highest BCUT2D eigenvalue weighted by Crippen LogP contribution is 2.21. The van der Waals surface area contributed by atoms with Gasteiger partial charge in [0.2, 0.25) is 0 Å². The summed E-state index contributed by atoms with van der Waals surface area (Å²) in [6.45, 7) is 0.569. The van der Waals surface area contributed by atoms with Gasteiger partial charge in [-0.15, -0.1) is 0 Å². The zero-order chi connectivity index (χ0) is 15.9. The summed E-state index contributed by atoms with van der Waals surface area (Å²) in [5.41, 5.74) is 1.02. The molecule has 1 aliphatic carbocycles. The maximum Gasteiger partial charge on any atom is 0.315 e. The normalized spacial score (nSPS) is 21.6. The van der Waals surface area contributed by atoms with Crippen LogP contribution < -0.4 is 10.6 Å². The third kappa shape index (κ3) is 5.22. The van der Waals surface area contributed by atoms with E-state index in [1.54, 1.807) is 12.1 Å². The largest absolute Gasteiger partial charge is 0.508 e. The van der Waals surface area contributed by atoms with Crippen LogP contribution in [0.1, 0.15) is 31.2 Å². The lowest BCUT2D eigenvalue weighted by atomic mass is 9.90. The summed E-state index contributed by atoms with van der Waals surface area (Å²) in [5.74, 6) is 0.263. The maximum absolute atomic E-state index is 12.0. The number of rotatable bonds is 5. The second-order valence-corrected chi connectivity index (χ2v) is 6.30. The van der Waals surface area contributed by atoms with E-state index in [0.29, 0.717) is 19.0 Å². The lowest BCUT2D eigenvalue weighted by molar-refractivity contribution is 0.193. The van der Waals surface area contributed by atoms with E-state index in [-0.39, 0.29) is 17.8 Å². The molecule has 1 fully saturated rings. The fourth-order valence-corrected chi connectivity index (χ4v) is 3.03. The Morgan fingerprint density at radius 1 is 1.36 bits per heavy atom. The minimum Gasteiger partial charge on any atom is -0.508 e. The highest BCUT2D eigenvalue weighted by molar-refractivity contribution is 5.74. The number of phenolic OH excluding ortho intramolecular Hbond substituents is 1. The molecule has 5 heteroatoms. The number of nitrogens with zero attached hydrogens (tertiary/aromatic N) is 1. The summed E-state index contributed by atoms with van der Waals surface area (Å²) in [4.78, 5) is 14.2. The second-order valence-electron chi connectivity index (χ2n) is 6.30. The van der Waals surface area contributed by atoms with Gasteiger partial charge in [0.25, 0.3) is 0 Å². The van der Waals surface area contributed by atoms with E-state index in [2.05, 4.69) is 29.6 Å². The van der Waals surface area contributed by atoms with Gasteiger partial charge in [-0.2, -0.15) is 0 Å². The van der Waals surface area contributed by atoms with Crippen molar-refractivity contribution in [1.29, 1.82) is 0 Å². The third-order valence-corrected chi connectivity index (χ3v) is 4.32. The van der Waals surface area contributed by atoms with Crippen LogP contribution in [0.2, 0.25) is 0 Å². The number of carbonyl (C=O) groups excluding carboxylic acids is 1. The van der Waals surface area contributed by atoms with Gasteiger partial charge < -0.3 is 20.6 Å². The Labute approximate surface area is 132 Å². The first kappa shape index (κ1) is 16.6. The highest BCUT2D eigenvalue weighted by Gasteiger charge is 2.24. The molecule has 1 saturated carbocycles. The number of hydrogen-bond donors (Lipinski definition) is 3. The summed E-state index contributed by atoms with van der Waals surface area (Å²) < 4.78 is 0. The molecule has 3 N–H and O–H groups in total. The van der Waals surface area contributed by atoms with Gasteiger partial charge in [0, 0.05) is 18.6 Å². The van der Waals surface area contributed by atoms with Crippen molar-refractivity contribution in [2.24, 2.45) is 0 Å². The summed E-state index contributed by atoms with van der Waals surface area (Å²) in [6, 6.07) is 7.87. The molecule has 0 aromatic heterocycles. The quantitative estimate of drug-likeness (QED) is 0.780. The van der Waals surface area contributed by atoms with Crippen LogP contribution in [0.25, 0.3) is 0 Å². The van der Waals surface area contributed by atoms with Gasteiger partial charge in [-0.1, -0.05) is 12.1 Å². The van der Waals surface area contributed by atoms with Gasteiger partial charge in [0.1, 0.15) is 5.75 Å². The average molecular weight is 305 g/mol. The van der Waals surface area contributed by atoms with E-state index in [1.165, 1.54) is 6.42 Å². The lowest BCUT2D eigenvalue weighted by Crippen LogP contribution is -2.47. The standard InChI is InChI=1S/C17H27N3O2/c1-20(2)15-7-4-6-14(12-15)19-17(22)18-10-9-13-5-3-8-16(21)11-13/h3,5,8,11,14-15,21H,4,6-7,9-10,12H2,1-2H3,(H2,18,19,22)/t14-,15+/m0/s1. The van der Waals surface area contributed by atoms with Gasteiger partial charge in [0.05, 0.1) is 0 Å². The smallest absolute Gasteiger partial charge is 0.315 e. The molecule has 2 amide bonds. The summed E-state index contributed by atoms with van der Waals surface area (Å²) >= 11 is 0. The van der Waals surface area contributed by atoms with Crippen LogP contribution in [0.5, 0.6) is 5.75 Å². The Morgan fingerprint density at radius 3 is 2.91 bits per heavy atom. The fraction of sp³-hybridized carbons (Fsp3) is 0.588. The van der Waals surface area contributed by atoms with Gasteiger partial charge in [-0.3, -0.25) is 0 Å². The number of aromatic hydroxyl groups is 1. The third-order valence-electron chi connectivity index (χ3n) is 4.32. The number of amides is 2. The molecule has 2 rings (SSSR count). The van der Waals surface area contributed by atoms with Crippen molar-refractivity contribution < 1.29 is 9.90 Å². The Kier molecular flexibility index (Phi) is 6.07. The molecule has 1 aromatic carbocycles. The average Bonchev–Trinajstić information content (AvgIpc) is 2.47. The van der Waals surface area contributed by atoms with E-state index < -0.39 is 0 Å². The van der Waals surface area contributed by atoms with Gasteiger partial charge in [-0.05, 0) is 63.9 Å². The molecule has 0 aliphatic heterocycles. The van der Waals surface area contributed by atoms with E-state index in [9.17, 15) is 9.90 Å². The second kappa shape index (κ2) is 8.03. The molecular weight excluding hydrogens is 278 g/mol. The molecule has 1 aliphatic rings. The molecule has 22 heavy (non-hydrogen) atoms. The molecule has 0 heterocycles. The molecule has 2 atom stereocenters. The molecule has 0 bridgehead atoms. The number of carbonyl (C=O) groups is 1. The first-order valence-electron chi connectivity index (χ1n) is 8.03. The molecule has 0 unspecified atom stereocenters. The fourth-order valence-electron chi connectivity index (χ4n) is 3.03. The zero-order valence-corrected chi connectivity index (χ0v) is 13.5. The Bertz CT molecular complexity index is 491. The topological polar surface area (TPSA) is 64.6 Å². The number of phenols is 1. The van der Waals surface area contributed by atoms with E-state index in [0.717, 1.165) is 24.8 Å². The predicted octanol–water partition coefficient (Wildman–Crippen LogP) is 2.11. The molecule has 122 valence electrons. The molecular formula is C17H27N3O2. The number of hydrogen-bond acceptors (Lipinski definition) is 3. The van der Waals surface area contributed by atoms with Crippen LogP contribution >= 0.6 is 0 Å². The minimum absolute atomic E-state index is 0.0930. The SMILES string of the molecule is CN(C)[C@@H]1CCC[C@H](NC(=O)NCCc2cccc(O)c2)C1. The lowest BCUT2D eigenvalue weighted by Gasteiger charge is -2.33. The Hall–Kier alpha value is -1.75. The maximum atomic E-state index is 12.0. The van der Waals surface area contributed by atoms with Crippen LogP contribution in [0.3, 0.4) is 0 Å². The van der Waals surface area contributed by atoms with Crippen molar-refractivity contribution >= 4 is 6.03 Å². The first-order valence-corrected chi connectivity index (χ1v) is 8.03. The van der Waals surface area contributed by atoms with Crippen LogP contribution in [0.4, 0.5) is 4.79 Å². The zero-order valence-electron chi connectivity index (χ0n) is 13.5. The summed E-state index contributed by atoms with van der Waals surface area (Å²) in [7, 11) is 4.20. The van der Waals surface area contributed by atoms with Crippen molar-refractivity contribution in [2.75, 3.05) is 20.6 Å². The monoisotopic (exact) mass is 305 g/mol.